The number of oxime groups is 1. The summed E-state index contributed by atoms with van der Waals surface area (Å²) in [7, 11) is 2.63. The molecule has 0 aliphatic carbocycles. The van der Waals surface area contributed by atoms with Gasteiger partial charge in [0, 0.05) is 11.1 Å². The number of thiazole rings is 1. The lowest BCUT2D eigenvalue weighted by molar-refractivity contribution is -0.132. The van der Waals surface area contributed by atoms with Gasteiger partial charge in [-0.3, -0.25) is 0 Å². The fraction of sp³-hybridized carbons (Fsp3) is 0.190. The van der Waals surface area contributed by atoms with Gasteiger partial charge in [0.25, 0.3) is 0 Å². The van der Waals surface area contributed by atoms with Crippen LogP contribution in [0.25, 0.3) is 10.6 Å². The Hall–Kier alpha value is -3.26. The molecule has 0 unspecified atom stereocenters. The zero-order valence-corrected chi connectivity index (χ0v) is 17.0. The van der Waals surface area contributed by atoms with Gasteiger partial charge in [-0.25, -0.2) is 14.2 Å². The number of methoxy groups -OCH3 is 1. The Morgan fingerprint density at radius 3 is 2.59 bits per heavy atom. The van der Waals surface area contributed by atoms with Gasteiger partial charge in [0.1, 0.15) is 24.5 Å². The summed E-state index contributed by atoms with van der Waals surface area (Å²) in [4.78, 5) is 22.1. The zero-order valence-electron chi connectivity index (χ0n) is 16.1. The van der Waals surface area contributed by atoms with E-state index >= 15 is 0 Å². The Kier molecular flexibility index (Phi) is 6.56. The molecule has 0 bridgehead atoms. The average Bonchev–Trinajstić information content (AvgIpc) is 3.11. The van der Waals surface area contributed by atoms with E-state index in [0.717, 1.165) is 4.88 Å². The van der Waals surface area contributed by atoms with Crippen molar-refractivity contribution in [2.24, 2.45) is 5.16 Å². The normalized spacial score (nSPS) is 11.2. The van der Waals surface area contributed by atoms with Crippen LogP contribution in [-0.4, -0.2) is 30.9 Å². The van der Waals surface area contributed by atoms with Crippen molar-refractivity contribution in [2.75, 3.05) is 14.2 Å². The number of nitrogens with zero attached hydrogens (tertiary/aromatic N) is 2. The number of carbonyl (C=O) groups excluding carboxylic acids is 1. The van der Waals surface area contributed by atoms with Crippen molar-refractivity contribution < 1.29 is 23.5 Å². The standard InChI is InChI=1S/C21H19FN2O4S/c1-13-19(23-20(29-13)16-10-6-7-11-17(16)22)28-12-14-8-4-5-9-15(14)18(24-27-3)21(25)26-2/h4-11H,12H2,1-3H3. The summed E-state index contributed by atoms with van der Waals surface area (Å²) in [6, 6.07) is 13.6. The highest BCUT2D eigenvalue weighted by Gasteiger charge is 2.20. The van der Waals surface area contributed by atoms with Crippen molar-refractivity contribution in [1.29, 1.82) is 0 Å². The molecular formula is C21H19FN2O4S. The van der Waals surface area contributed by atoms with Crippen LogP contribution in [0.5, 0.6) is 5.88 Å². The quantitative estimate of drug-likeness (QED) is 0.326. The van der Waals surface area contributed by atoms with Crippen LogP contribution < -0.4 is 4.74 Å². The summed E-state index contributed by atoms with van der Waals surface area (Å²) in [5.41, 5.74) is 1.70. The van der Waals surface area contributed by atoms with E-state index in [9.17, 15) is 9.18 Å². The first kappa shape index (κ1) is 20.5. The predicted octanol–water partition coefficient (Wildman–Crippen LogP) is 4.36. The summed E-state index contributed by atoms with van der Waals surface area (Å²) in [5, 5.41) is 4.32. The van der Waals surface area contributed by atoms with Crippen molar-refractivity contribution in [3.8, 4) is 16.5 Å². The fourth-order valence-electron chi connectivity index (χ4n) is 2.67. The third-order valence-electron chi connectivity index (χ3n) is 4.06. The van der Waals surface area contributed by atoms with Crippen LogP contribution in [0.4, 0.5) is 4.39 Å². The molecule has 0 amide bonds. The van der Waals surface area contributed by atoms with Crippen LogP contribution >= 0.6 is 11.3 Å². The number of rotatable bonds is 7. The summed E-state index contributed by atoms with van der Waals surface area (Å²) < 4.78 is 24.7. The monoisotopic (exact) mass is 414 g/mol. The maximum Gasteiger partial charge on any atom is 0.360 e. The van der Waals surface area contributed by atoms with E-state index in [0.29, 0.717) is 27.6 Å². The number of hydrogen-bond acceptors (Lipinski definition) is 7. The van der Waals surface area contributed by atoms with E-state index < -0.39 is 5.97 Å². The van der Waals surface area contributed by atoms with E-state index in [4.69, 9.17) is 14.3 Å². The van der Waals surface area contributed by atoms with E-state index in [1.54, 1.807) is 30.3 Å². The number of aromatic nitrogens is 1. The minimum absolute atomic E-state index is 0.0382. The van der Waals surface area contributed by atoms with Crippen molar-refractivity contribution in [3.63, 3.8) is 0 Å². The second-order valence-electron chi connectivity index (χ2n) is 5.92. The van der Waals surface area contributed by atoms with Crippen LogP contribution in [0.1, 0.15) is 16.0 Å². The van der Waals surface area contributed by atoms with Gasteiger partial charge < -0.3 is 14.3 Å². The molecule has 0 fully saturated rings. The second-order valence-corrected chi connectivity index (χ2v) is 7.12. The smallest absolute Gasteiger partial charge is 0.360 e. The number of carbonyl (C=O) groups is 1. The Morgan fingerprint density at radius 2 is 1.86 bits per heavy atom. The van der Waals surface area contributed by atoms with E-state index in [-0.39, 0.29) is 18.1 Å². The molecule has 0 aliphatic rings. The fourth-order valence-corrected chi connectivity index (χ4v) is 3.56. The first-order chi connectivity index (χ1) is 14.0. The molecule has 3 aromatic rings. The second kappa shape index (κ2) is 9.29. The third-order valence-corrected chi connectivity index (χ3v) is 5.04. The summed E-state index contributed by atoms with van der Waals surface area (Å²) in [6.45, 7) is 1.99. The molecule has 0 spiro atoms. The number of aryl methyl sites for hydroxylation is 1. The first-order valence-corrected chi connectivity index (χ1v) is 9.49. The molecule has 0 saturated carbocycles. The first-order valence-electron chi connectivity index (χ1n) is 8.68. The minimum atomic E-state index is -0.619. The number of benzene rings is 2. The van der Waals surface area contributed by atoms with Gasteiger partial charge in [0.2, 0.25) is 5.88 Å². The summed E-state index contributed by atoms with van der Waals surface area (Å²) >= 11 is 1.35. The van der Waals surface area contributed by atoms with Crippen molar-refractivity contribution in [2.45, 2.75) is 13.5 Å². The number of halogens is 1. The van der Waals surface area contributed by atoms with Gasteiger partial charge in [0.05, 0.1) is 12.0 Å². The van der Waals surface area contributed by atoms with E-state index in [2.05, 4.69) is 10.1 Å². The van der Waals surface area contributed by atoms with Crippen LogP contribution in [0, 0.1) is 12.7 Å². The Morgan fingerprint density at radius 1 is 1.14 bits per heavy atom. The van der Waals surface area contributed by atoms with Gasteiger partial charge >= 0.3 is 5.97 Å². The molecule has 3 rings (SSSR count). The highest BCUT2D eigenvalue weighted by molar-refractivity contribution is 7.15. The lowest BCUT2D eigenvalue weighted by atomic mass is 10.0. The Bertz CT molecular complexity index is 1050. The zero-order chi connectivity index (χ0) is 20.8. The van der Waals surface area contributed by atoms with Crippen LogP contribution in [0.2, 0.25) is 0 Å². The largest absolute Gasteiger partial charge is 0.472 e. The lowest BCUT2D eigenvalue weighted by Crippen LogP contribution is -2.19. The van der Waals surface area contributed by atoms with Crippen molar-refractivity contribution in [3.05, 3.63) is 70.4 Å². The molecule has 150 valence electrons. The molecular weight excluding hydrogens is 395 g/mol. The Balaban J connectivity index is 1.86. The molecule has 0 radical (unpaired) electrons. The highest BCUT2D eigenvalue weighted by Crippen LogP contribution is 2.33. The Labute approximate surface area is 171 Å². The number of esters is 1. The minimum Gasteiger partial charge on any atom is -0.472 e. The molecule has 0 N–H and O–H groups in total. The molecule has 0 saturated heterocycles. The lowest BCUT2D eigenvalue weighted by Gasteiger charge is -2.11. The summed E-state index contributed by atoms with van der Waals surface area (Å²) in [6.07, 6.45) is 0. The van der Waals surface area contributed by atoms with E-state index in [1.807, 2.05) is 19.1 Å². The molecule has 8 heteroatoms. The van der Waals surface area contributed by atoms with Crippen molar-refractivity contribution >= 4 is 23.0 Å². The highest BCUT2D eigenvalue weighted by atomic mass is 32.1. The number of ether oxygens (including phenoxy) is 2. The maximum atomic E-state index is 14.0. The van der Waals surface area contributed by atoms with Gasteiger partial charge in [0.15, 0.2) is 5.71 Å². The molecule has 1 aromatic heterocycles. The topological polar surface area (TPSA) is 70.0 Å². The van der Waals surface area contributed by atoms with Crippen LogP contribution in [0.3, 0.4) is 0 Å². The molecule has 0 atom stereocenters. The van der Waals surface area contributed by atoms with Gasteiger partial charge in [-0.15, -0.1) is 11.3 Å². The molecule has 6 nitrogen and oxygen atoms in total. The SMILES string of the molecule is CON=C(C(=O)OC)c1ccccc1COc1nc(-c2ccccc2F)sc1C. The maximum absolute atomic E-state index is 14.0. The molecule has 1 heterocycles. The molecule has 29 heavy (non-hydrogen) atoms. The average molecular weight is 414 g/mol. The van der Waals surface area contributed by atoms with E-state index in [1.165, 1.54) is 31.6 Å². The van der Waals surface area contributed by atoms with Gasteiger partial charge in [-0.1, -0.05) is 41.6 Å². The van der Waals surface area contributed by atoms with Crippen molar-refractivity contribution in [1.82, 2.24) is 4.98 Å². The number of hydrogen-bond donors (Lipinski definition) is 0. The molecule has 0 aliphatic heterocycles. The van der Waals surface area contributed by atoms with Gasteiger partial charge in [-0.05, 0) is 24.6 Å². The molecule has 2 aromatic carbocycles. The third kappa shape index (κ3) is 4.60. The van der Waals surface area contributed by atoms with Crippen LogP contribution in [-0.2, 0) is 21.0 Å². The predicted molar refractivity (Wildman–Crippen MR) is 109 cm³/mol. The summed E-state index contributed by atoms with van der Waals surface area (Å²) in [5.74, 6) is -0.547. The van der Waals surface area contributed by atoms with Crippen LogP contribution in [0.15, 0.2) is 53.7 Å². The van der Waals surface area contributed by atoms with Gasteiger partial charge in [-0.2, -0.15) is 0 Å².